The summed E-state index contributed by atoms with van der Waals surface area (Å²) in [5, 5.41) is 1.66. The molecule has 0 aliphatic carbocycles. The van der Waals surface area contributed by atoms with Crippen LogP contribution < -0.4 is 4.90 Å². The number of fused-ring (bicyclic) bond motifs is 1. The number of alkyl halides is 3. The van der Waals surface area contributed by atoms with E-state index in [4.69, 9.17) is 4.98 Å². The van der Waals surface area contributed by atoms with Gasteiger partial charge in [-0.15, -0.1) is 11.3 Å². The van der Waals surface area contributed by atoms with Crippen molar-refractivity contribution in [1.29, 1.82) is 0 Å². The van der Waals surface area contributed by atoms with Gasteiger partial charge in [0.05, 0.1) is 21.7 Å². The number of hydrogen-bond acceptors (Lipinski definition) is 5. The summed E-state index contributed by atoms with van der Waals surface area (Å²) in [6.07, 6.45) is -2.66. The molecular formula is C18H17F3N4S. The van der Waals surface area contributed by atoms with Gasteiger partial charge in [-0.1, -0.05) is 12.1 Å². The molecule has 0 spiro atoms. The van der Waals surface area contributed by atoms with Crippen molar-refractivity contribution in [2.75, 3.05) is 18.0 Å². The largest absolute Gasteiger partial charge is 0.434 e. The number of nitrogens with zero attached hydrogens (tertiary/aromatic N) is 4. The Morgan fingerprint density at radius 1 is 1.12 bits per heavy atom. The molecule has 1 aromatic carbocycles. The van der Waals surface area contributed by atoms with Gasteiger partial charge in [-0.2, -0.15) is 13.2 Å². The van der Waals surface area contributed by atoms with Gasteiger partial charge in [0.1, 0.15) is 0 Å². The molecule has 3 aromatic rings. The molecule has 8 heteroatoms. The van der Waals surface area contributed by atoms with E-state index < -0.39 is 11.9 Å². The second-order valence-electron chi connectivity index (χ2n) is 6.48. The van der Waals surface area contributed by atoms with Gasteiger partial charge in [-0.05, 0) is 31.9 Å². The summed E-state index contributed by atoms with van der Waals surface area (Å²) in [6, 6.07) is 7.69. The van der Waals surface area contributed by atoms with Crippen LogP contribution in [0.4, 0.5) is 19.0 Å². The fraction of sp³-hybridized carbons (Fsp3) is 0.389. The number of anilines is 1. The molecule has 1 saturated heterocycles. The highest BCUT2D eigenvalue weighted by Gasteiger charge is 2.35. The first kappa shape index (κ1) is 17.2. The van der Waals surface area contributed by atoms with E-state index in [2.05, 4.69) is 14.9 Å². The Morgan fingerprint density at radius 3 is 2.54 bits per heavy atom. The summed E-state index contributed by atoms with van der Waals surface area (Å²) in [7, 11) is 0. The molecule has 1 aliphatic heterocycles. The second kappa shape index (κ2) is 6.50. The molecular weight excluding hydrogens is 361 g/mol. The molecule has 1 fully saturated rings. The average Bonchev–Trinajstić information content (AvgIpc) is 3.12. The predicted octanol–water partition coefficient (Wildman–Crippen LogP) is 4.80. The zero-order valence-corrected chi connectivity index (χ0v) is 14.9. The van der Waals surface area contributed by atoms with Crippen LogP contribution >= 0.6 is 11.3 Å². The number of aromatic nitrogens is 3. The molecule has 0 radical (unpaired) electrons. The Kier molecular flexibility index (Phi) is 4.30. The van der Waals surface area contributed by atoms with Crippen LogP contribution in [0.1, 0.15) is 35.2 Å². The van der Waals surface area contributed by atoms with Crippen molar-refractivity contribution in [3.05, 3.63) is 46.0 Å². The van der Waals surface area contributed by atoms with E-state index in [0.717, 1.165) is 58.6 Å². The molecule has 0 amide bonds. The zero-order chi connectivity index (χ0) is 18.3. The van der Waals surface area contributed by atoms with Gasteiger partial charge < -0.3 is 4.90 Å². The van der Waals surface area contributed by atoms with Crippen molar-refractivity contribution in [2.24, 2.45) is 0 Å². The van der Waals surface area contributed by atoms with Gasteiger partial charge in [-0.25, -0.2) is 15.0 Å². The Labute approximate surface area is 152 Å². The second-order valence-corrected chi connectivity index (χ2v) is 7.36. The molecule has 1 aliphatic rings. The molecule has 0 N–H and O–H groups in total. The monoisotopic (exact) mass is 378 g/mol. The van der Waals surface area contributed by atoms with Crippen LogP contribution in [0.3, 0.4) is 0 Å². The summed E-state index contributed by atoms with van der Waals surface area (Å²) < 4.78 is 38.5. The Bertz CT molecular complexity index is 938. The first-order valence-electron chi connectivity index (χ1n) is 8.43. The number of hydrogen-bond donors (Lipinski definition) is 0. The topological polar surface area (TPSA) is 41.9 Å². The lowest BCUT2D eigenvalue weighted by Crippen LogP contribution is -2.35. The average molecular weight is 378 g/mol. The number of halogens is 3. The van der Waals surface area contributed by atoms with Crippen molar-refractivity contribution < 1.29 is 13.2 Å². The van der Waals surface area contributed by atoms with Crippen LogP contribution in [0.2, 0.25) is 0 Å². The molecule has 2 aromatic heterocycles. The minimum atomic E-state index is -4.39. The third-order valence-electron chi connectivity index (χ3n) is 4.60. The standard InChI is InChI=1S/C18H17F3N4S/c1-11-16(23-14-7-3-2-6-13(14)22-11)25-8-4-5-12(9-25)17-24-15(10-26-17)18(19,20)21/h2-3,6-7,10,12H,4-5,8-9H2,1H3. The third-order valence-corrected chi connectivity index (χ3v) is 5.61. The Morgan fingerprint density at radius 2 is 1.85 bits per heavy atom. The maximum absolute atomic E-state index is 12.8. The molecule has 4 rings (SSSR count). The molecule has 1 unspecified atom stereocenters. The van der Waals surface area contributed by atoms with E-state index >= 15 is 0 Å². The van der Waals surface area contributed by atoms with E-state index in [0.29, 0.717) is 11.6 Å². The maximum atomic E-state index is 12.8. The minimum Gasteiger partial charge on any atom is -0.354 e. The number of thiazole rings is 1. The first-order chi connectivity index (χ1) is 12.4. The lowest BCUT2D eigenvalue weighted by atomic mass is 9.98. The van der Waals surface area contributed by atoms with Crippen LogP contribution in [0.25, 0.3) is 11.0 Å². The maximum Gasteiger partial charge on any atom is 0.434 e. The van der Waals surface area contributed by atoms with Crippen molar-refractivity contribution in [2.45, 2.75) is 31.9 Å². The van der Waals surface area contributed by atoms with Gasteiger partial charge in [0.15, 0.2) is 11.5 Å². The van der Waals surface area contributed by atoms with E-state index in [1.165, 1.54) is 0 Å². The number of para-hydroxylation sites is 2. The summed E-state index contributed by atoms with van der Waals surface area (Å²) in [5.74, 6) is 0.790. The van der Waals surface area contributed by atoms with Gasteiger partial charge in [0, 0.05) is 24.4 Å². The number of piperidine rings is 1. The number of aryl methyl sites for hydroxylation is 1. The normalized spacial score (nSPS) is 18.5. The first-order valence-corrected chi connectivity index (χ1v) is 9.31. The van der Waals surface area contributed by atoms with E-state index in [-0.39, 0.29) is 5.92 Å². The molecule has 4 nitrogen and oxygen atoms in total. The zero-order valence-electron chi connectivity index (χ0n) is 14.1. The van der Waals surface area contributed by atoms with Crippen LogP contribution in [-0.4, -0.2) is 28.0 Å². The Hall–Kier alpha value is -2.22. The molecule has 0 bridgehead atoms. The SMILES string of the molecule is Cc1nc2ccccc2nc1N1CCCC(c2nc(C(F)(F)F)cs2)C1. The van der Waals surface area contributed by atoms with Gasteiger partial charge in [0.2, 0.25) is 0 Å². The van der Waals surface area contributed by atoms with Crippen molar-refractivity contribution in [1.82, 2.24) is 15.0 Å². The van der Waals surface area contributed by atoms with Crippen molar-refractivity contribution >= 4 is 28.2 Å². The smallest absolute Gasteiger partial charge is 0.354 e. The molecule has 0 saturated carbocycles. The predicted molar refractivity (Wildman–Crippen MR) is 95.6 cm³/mol. The highest BCUT2D eigenvalue weighted by Crippen LogP contribution is 2.36. The van der Waals surface area contributed by atoms with Crippen LogP contribution in [0.15, 0.2) is 29.6 Å². The van der Waals surface area contributed by atoms with Crippen LogP contribution in [0, 0.1) is 6.92 Å². The highest BCUT2D eigenvalue weighted by molar-refractivity contribution is 7.09. The van der Waals surface area contributed by atoms with Gasteiger partial charge in [0.25, 0.3) is 0 Å². The third kappa shape index (κ3) is 3.25. The van der Waals surface area contributed by atoms with Crippen molar-refractivity contribution in [3.63, 3.8) is 0 Å². The van der Waals surface area contributed by atoms with E-state index in [9.17, 15) is 13.2 Å². The summed E-state index contributed by atoms with van der Waals surface area (Å²) >= 11 is 1.09. The van der Waals surface area contributed by atoms with Gasteiger partial charge in [-0.3, -0.25) is 0 Å². The number of rotatable bonds is 2. The minimum absolute atomic E-state index is 0.0162. The van der Waals surface area contributed by atoms with Crippen LogP contribution in [0.5, 0.6) is 0 Å². The van der Waals surface area contributed by atoms with E-state index in [1.54, 1.807) is 0 Å². The molecule has 3 heterocycles. The van der Waals surface area contributed by atoms with Gasteiger partial charge >= 0.3 is 6.18 Å². The van der Waals surface area contributed by atoms with Crippen LogP contribution in [-0.2, 0) is 6.18 Å². The molecule has 26 heavy (non-hydrogen) atoms. The summed E-state index contributed by atoms with van der Waals surface area (Å²) in [4.78, 5) is 15.3. The highest BCUT2D eigenvalue weighted by atomic mass is 32.1. The van der Waals surface area contributed by atoms with Crippen molar-refractivity contribution in [3.8, 4) is 0 Å². The van der Waals surface area contributed by atoms with E-state index in [1.807, 2.05) is 31.2 Å². The lowest BCUT2D eigenvalue weighted by Gasteiger charge is -2.33. The Balaban J connectivity index is 1.61. The quantitative estimate of drug-likeness (QED) is 0.643. The number of benzene rings is 1. The fourth-order valence-electron chi connectivity index (χ4n) is 3.35. The molecule has 1 atom stereocenters. The summed E-state index contributed by atoms with van der Waals surface area (Å²) in [6.45, 7) is 3.35. The summed E-state index contributed by atoms with van der Waals surface area (Å²) in [5.41, 5.74) is 1.71. The fourth-order valence-corrected chi connectivity index (χ4v) is 4.31. The lowest BCUT2D eigenvalue weighted by molar-refractivity contribution is -0.140. The molecule has 136 valence electrons.